The van der Waals surface area contributed by atoms with Crippen LogP contribution in [-0.4, -0.2) is 9.38 Å². The number of hydrogen-bond acceptors (Lipinski definition) is 2. The number of rotatable bonds is 0. The van der Waals surface area contributed by atoms with Crippen LogP contribution in [0.3, 0.4) is 0 Å². The second-order valence-electron chi connectivity index (χ2n) is 3.72. The average molecular weight is 192 g/mol. The molecule has 0 N–H and O–H groups in total. The van der Waals surface area contributed by atoms with Crippen molar-refractivity contribution in [1.82, 2.24) is 9.38 Å². The van der Waals surface area contributed by atoms with Crippen molar-refractivity contribution in [3.05, 3.63) is 22.0 Å². The zero-order valence-corrected chi connectivity index (χ0v) is 8.74. The van der Waals surface area contributed by atoms with Crippen molar-refractivity contribution in [2.45, 2.75) is 33.1 Å². The van der Waals surface area contributed by atoms with Crippen molar-refractivity contribution in [3.63, 3.8) is 0 Å². The van der Waals surface area contributed by atoms with Crippen LogP contribution in [0.5, 0.6) is 0 Å². The molecule has 0 aromatic carbocycles. The van der Waals surface area contributed by atoms with Crippen molar-refractivity contribution in [1.29, 1.82) is 0 Å². The number of nitrogens with zero attached hydrogens (tertiary/aromatic N) is 2. The second kappa shape index (κ2) is 2.35. The number of imidazole rings is 1. The Labute approximate surface area is 81.2 Å². The van der Waals surface area contributed by atoms with E-state index in [1.54, 1.807) is 0 Å². The van der Waals surface area contributed by atoms with Gasteiger partial charge in [-0.1, -0.05) is 0 Å². The second-order valence-corrected chi connectivity index (χ2v) is 4.90. The lowest BCUT2D eigenvalue weighted by Gasteiger charge is -1.95. The predicted octanol–water partition coefficient (Wildman–Crippen LogP) is 2.50. The Kier molecular flexibility index (Phi) is 1.37. The maximum Gasteiger partial charge on any atom is 0.194 e. The summed E-state index contributed by atoms with van der Waals surface area (Å²) in [5, 5.41) is 0. The van der Waals surface area contributed by atoms with Crippen molar-refractivity contribution in [3.8, 4) is 0 Å². The van der Waals surface area contributed by atoms with Gasteiger partial charge in [-0.3, -0.25) is 4.40 Å². The number of aromatic nitrogens is 2. The molecule has 0 saturated carbocycles. The highest BCUT2D eigenvalue weighted by Gasteiger charge is 2.20. The monoisotopic (exact) mass is 192 g/mol. The summed E-state index contributed by atoms with van der Waals surface area (Å²) < 4.78 is 2.35. The molecule has 3 heteroatoms. The maximum atomic E-state index is 4.66. The molecule has 13 heavy (non-hydrogen) atoms. The van der Waals surface area contributed by atoms with Gasteiger partial charge in [0, 0.05) is 16.3 Å². The van der Waals surface area contributed by atoms with Crippen molar-refractivity contribution in [2.75, 3.05) is 0 Å². The first-order valence-corrected chi connectivity index (χ1v) is 5.55. The molecule has 1 aliphatic carbocycles. The molecule has 3 rings (SSSR count). The Morgan fingerprint density at radius 3 is 3.00 bits per heavy atom. The van der Waals surface area contributed by atoms with Crippen molar-refractivity contribution >= 4 is 16.3 Å². The Balaban J connectivity index is 2.44. The van der Waals surface area contributed by atoms with Crippen LogP contribution < -0.4 is 0 Å². The van der Waals surface area contributed by atoms with E-state index in [2.05, 4.69) is 23.2 Å². The minimum atomic E-state index is 1.18. The molecule has 0 unspecified atom stereocenters. The van der Waals surface area contributed by atoms with Crippen LogP contribution in [-0.2, 0) is 12.8 Å². The predicted molar refractivity (Wildman–Crippen MR) is 54.6 cm³/mol. The summed E-state index contributed by atoms with van der Waals surface area (Å²) in [6, 6.07) is 0. The van der Waals surface area contributed by atoms with Gasteiger partial charge in [0.25, 0.3) is 0 Å². The molecule has 0 radical (unpaired) electrons. The molecule has 2 nitrogen and oxygen atoms in total. The number of aryl methyl sites for hydroxylation is 4. The van der Waals surface area contributed by atoms with E-state index in [0.717, 1.165) is 0 Å². The summed E-state index contributed by atoms with van der Waals surface area (Å²) in [6.45, 7) is 4.37. The fourth-order valence-electron chi connectivity index (χ4n) is 2.14. The Hall–Kier alpha value is -0.830. The number of thiazole rings is 1. The lowest BCUT2D eigenvalue weighted by atomic mass is 10.3. The van der Waals surface area contributed by atoms with Crippen LogP contribution in [0.1, 0.15) is 28.4 Å². The van der Waals surface area contributed by atoms with Crippen LogP contribution >= 0.6 is 11.3 Å². The Morgan fingerprint density at radius 1 is 1.31 bits per heavy atom. The van der Waals surface area contributed by atoms with Crippen LogP contribution in [0.4, 0.5) is 0 Å². The summed E-state index contributed by atoms with van der Waals surface area (Å²) in [6.07, 6.45) is 3.69. The molecular formula is C10H12N2S. The lowest BCUT2D eigenvalue weighted by molar-refractivity contribution is 0.866. The van der Waals surface area contributed by atoms with Crippen LogP contribution in [0.15, 0.2) is 0 Å². The largest absolute Gasteiger partial charge is 0.291 e. The fourth-order valence-corrected chi connectivity index (χ4v) is 3.14. The van der Waals surface area contributed by atoms with E-state index in [9.17, 15) is 0 Å². The maximum absolute atomic E-state index is 4.66. The van der Waals surface area contributed by atoms with Crippen molar-refractivity contribution < 1.29 is 0 Å². The first-order chi connectivity index (χ1) is 6.27. The van der Waals surface area contributed by atoms with Crippen LogP contribution in [0.2, 0.25) is 0 Å². The van der Waals surface area contributed by atoms with Gasteiger partial charge in [-0.05, 0) is 33.1 Å². The summed E-state index contributed by atoms with van der Waals surface area (Å²) >= 11 is 1.81. The molecule has 1 aliphatic rings. The summed E-state index contributed by atoms with van der Waals surface area (Å²) in [5.41, 5.74) is 4.20. The average Bonchev–Trinajstić information content (AvgIpc) is 2.66. The molecule has 2 heterocycles. The van der Waals surface area contributed by atoms with Crippen LogP contribution in [0, 0.1) is 13.8 Å². The van der Waals surface area contributed by atoms with E-state index >= 15 is 0 Å². The quantitative estimate of drug-likeness (QED) is 0.627. The van der Waals surface area contributed by atoms with E-state index in [0.29, 0.717) is 0 Å². The lowest BCUT2D eigenvalue weighted by Crippen LogP contribution is -1.91. The zero-order chi connectivity index (χ0) is 9.00. The van der Waals surface area contributed by atoms with E-state index in [1.165, 1.54) is 46.2 Å². The Bertz CT molecular complexity index is 479. The molecule has 0 spiro atoms. The standard InChI is InChI=1S/C10H12N2S/c1-6-7(2)13-10-11-8-4-3-5-9(8)12(6)10/h3-5H2,1-2H3. The van der Waals surface area contributed by atoms with Gasteiger partial charge in [-0.15, -0.1) is 11.3 Å². The van der Waals surface area contributed by atoms with E-state index < -0.39 is 0 Å². The fraction of sp³-hybridized carbons (Fsp3) is 0.500. The first kappa shape index (κ1) is 7.56. The highest BCUT2D eigenvalue weighted by molar-refractivity contribution is 7.17. The molecule has 0 fully saturated rings. The summed E-state index contributed by atoms with van der Waals surface area (Å²) in [4.78, 5) is 7.25. The highest BCUT2D eigenvalue weighted by Crippen LogP contribution is 2.29. The normalized spacial score (nSPS) is 15.5. The summed E-state index contributed by atoms with van der Waals surface area (Å²) in [7, 11) is 0. The smallest absolute Gasteiger partial charge is 0.194 e. The minimum Gasteiger partial charge on any atom is -0.291 e. The zero-order valence-electron chi connectivity index (χ0n) is 7.92. The van der Waals surface area contributed by atoms with Crippen LogP contribution in [0.25, 0.3) is 4.96 Å². The molecule has 0 saturated heterocycles. The molecule has 0 bridgehead atoms. The third-order valence-corrected chi connectivity index (χ3v) is 4.00. The molecule has 2 aromatic rings. The van der Waals surface area contributed by atoms with E-state index in [1.807, 2.05) is 11.3 Å². The third-order valence-electron chi connectivity index (χ3n) is 2.94. The molecule has 0 atom stereocenters. The van der Waals surface area contributed by atoms with Gasteiger partial charge < -0.3 is 0 Å². The van der Waals surface area contributed by atoms with E-state index in [4.69, 9.17) is 0 Å². The topological polar surface area (TPSA) is 17.3 Å². The minimum absolute atomic E-state index is 1.18. The number of fused-ring (bicyclic) bond motifs is 3. The van der Waals surface area contributed by atoms with Gasteiger partial charge in [0.1, 0.15) is 0 Å². The number of hydrogen-bond donors (Lipinski definition) is 0. The summed E-state index contributed by atoms with van der Waals surface area (Å²) in [5.74, 6) is 0. The third kappa shape index (κ3) is 0.854. The molecule has 0 amide bonds. The van der Waals surface area contributed by atoms with Gasteiger partial charge in [-0.2, -0.15) is 0 Å². The first-order valence-electron chi connectivity index (χ1n) is 4.73. The van der Waals surface area contributed by atoms with Gasteiger partial charge in [0.15, 0.2) is 4.96 Å². The van der Waals surface area contributed by atoms with Gasteiger partial charge in [0.05, 0.1) is 5.69 Å². The van der Waals surface area contributed by atoms with Gasteiger partial charge >= 0.3 is 0 Å². The SMILES string of the molecule is Cc1sc2nc3c(n2c1C)CCC3. The molecule has 68 valence electrons. The molecule has 0 aliphatic heterocycles. The Morgan fingerprint density at radius 2 is 2.15 bits per heavy atom. The highest BCUT2D eigenvalue weighted by atomic mass is 32.1. The van der Waals surface area contributed by atoms with Gasteiger partial charge in [0.2, 0.25) is 0 Å². The van der Waals surface area contributed by atoms with Gasteiger partial charge in [-0.25, -0.2) is 4.98 Å². The van der Waals surface area contributed by atoms with E-state index in [-0.39, 0.29) is 0 Å². The van der Waals surface area contributed by atoms with Crippen molar-refractivity contribution in [2.24, 2.45) is 0 Å². The molecular weight excluding hydrogens is 180 g/mol. The molecule has 2 aromatic heterocycles.